The molecule has 0 bridgehead atoms. The molecule has 2 rings (SSSR count). The number of halogens is 3. The molecule has 0 aromatic heterocycles. The van der Waals surface area contributed by atoms with Crippen molar-refractivity contribution in [1.82, 2.24) is 0 Å². The lowest BCUT2D eigenvalue weighted by Crippen LogP contribution is -2.34. The minimum atomic E-state index is -0.349. The third-order valence-corrected chi connectivity index (χ3v) is 5.47. The smallest absolute Gasteiger partial charge is 0.0444 e. The lowest BCUT2D eigenvalue weighted by atomic mass is 9.77. The van der Waals surface area contributed by atoms with Crippen molar-refractivity contribution < 1.29 is 0 Å². The lowest BCUT2D eigenvalue weighted by molar-refractivity contribution is 0.533. The van der Waals surface area contributed by atoms with Crippen LogP contribution in [0.5, 0.6) is 0 Å². The summed E-state index contributed by atoms with van der Waals surface area (Å²) in [6, 6.07) is 14.2. The SMILES string of the molecule is Cc1cccc(C)c1CC(CCl)(CCl)c1ccccc1Cl. The van der Waals surface area contributed by atoms with Gasteiger partial charge in [-0.15, -0.1) is 23.2 Å². The molecule has 0 saturated carbocycles. The summed E-state index contributed by atoms with van der Waals surface area (Å²) in [5, 5.41) is 0.727. The summed E-state index contributed by atoms with van der Waals surface area (Å²) in [7, 11) is 0. The van der Waals surface area contributed by atoms with Gasteiger partial charge in [0.1, 0.15) is 0 Å². The Bertz CT molecular complexity index is 595. The first-order valence-electron chi connectivity index (χ1n) is 6.96. The van der Waals surface area contributed by atoms with Crippen molar-refractivity contribution in [1.29, 1.82) is 0 Å². The van der Waals surface area contributed by atoms with Gasteiger partial charge >= 0.3 is 0 Å². The zero-order valence-corrected chi connectivity index (χ0v) is 14.6. The summed E-state index contributed by atoms with van der Waals surface area (Å²) < 4.78 is 0. The predicted molar refractivity (Wildman–Crippen MR) is 94.2 cm³/mol. The highest BCUT2D eigenvalue weighted by Crippen LogP contribution is 2.37. The summed E-state index contributed by atoms with van der Waals surface area (Å²) in [6.45, 7) is 4.25. The van der Waals surface area contributed by atoms with Crippen molar-refractivity contribution in [3.05, 3.63) is 69.7 Å². The molecule has 0 fully saturated rings. The van der Waals surface area contributed by atoms with E-state index in [0.717, 1.165) is 17.0 Å². The van der Waals surface area contributed by atoms with E-state index in [1.165, 1.54) is 16.7 Å². The molecule has 0 nitrogen and oxygen atoms in total. The molecule has 0 amide bonds. The van der Waals surface area contributed by atoms with Crippen LogP contribution in [0.2, 0.25) is 5.02 Å². The Hall–Kier alpha value is -0.690. The first-order valence-corrected chi connectivity index (χ1v) is 8.41. The molecule has 0 spiro atoms. The molecule has 3 heteroatoms. The molecule has 0 N–H and O–H groups in total. The summed E-state index contributed by atoms with van der Waals surface area (Å²) >= 11 is 19.1. The summed E-state index contributed by atoms with van der Waals surface area (Å²) in [6.07, 6.45) is 0.794. The van der Waals surface area contributed by atoms with Gasteiger partial charge in [0.05, 0.1) is 0 Å². The minimum absolute atomic E-state index is 0.349. The van der Waals surface area contributed by atoms with Gasteiger partial charge in [0, 0.05) is 22.2 Å². The topological polar surface area (TPSA) is 0 Å². The first kappa shape index (κ1) is 16.7. The third-order valence-electron chi connectivity index (χ3n) is 4.12. The Kier molecular flexibility index (Phi) is 5.60. The van der Waals surface area contributed by atoms with Crippen LogP contribution in [-0.4, -0.2) is 11.8 Å². The molecule has 0 atom stereocenters. The van der Waals surface area contributed by atoms with Crippen molar-refractivity contribution in [3.8, 4) is 0 Å². The van der Waals surface area contributed by atoms with Crippen LogP contribution in [0, 0.1) is 13.8 Å². The maximum atomic E-state index is 6.39. The van der Waals surface area contributed by atoms with Crippen LogP contribution in [0.15, 0.2) is 42.5 Å². The van der Waals surface area contributed by atoms with Gasteiger partial charge in [-0.25, -0.2) is 0 Å². The van der Waals surface area contributed by atoms with Crippen molar-refractivity contribution in [2.75, 3.05) is 11.8 Å². The lowest BCUT2D eigenvalue weighted by Gasteiger charge is -2.32. The summed E-state index contributed by atoms with van der Waals surface area (Å²) in [5.41, 5.74) is 4.51. The number of benzene rings is 2. The van der Waals surface area contributed by atoms with Crippen LogP contribution < -0.4 is 0 Å². The van der Waals surface area contributed by atoms with E-state index in [4.69, 9.17) is 34.8 Å². The van der Waals surface area contributed by atoms with Crippen LogP contribution in [0.1, 0.15) is 22.3 Å². The molecule has 2 aromatic rings. The number of aryl methyl sites for hydroxylation is 2. The molecule has 0 heterocycles. The van der Waals surface area contributed by atoms with Crippen LogP contribution in [0.4, 0.5) is 0 Å². The molecule has 21 heavy (non-hydrogen) atoms. The predicted octanol–water partition coefficient (Wildman–Crippen LogP) is 5.91. The Morgan fingerprint density at radius 1 is 0.857 bits per heavy atom. The van der Waals surface area contributed by atoms with Gasteiger partial charge in [-0.1, -0.05) is 48.0 Å². The van der Waals surface area contributed by atoms with E-state index in [0.29, 0.717) is 11.8 Å². The maximum absolute atomic E-state index is 6.39. The van der Waals surface area contributed by atoms with E-state index >= 15 is 0 Å². The van der Waals surface area contributed by atoms with Crippen molar-refractivity contribution >= 4 is 34.8 Å². The molecule has 112 valence electrons. The van der Waals surface area contributed by atoms with E-state index in [-0.39, 0.29) is 5.41 Å². The van der Waals surface area contributed by atoms with Gasteiger partial charge in [-0.3, -0.25) is 0 Å². The number of alkyl halides is 2. The normalized spacial score (nSPS) is 11.7. The second-order valence-electron chi connectivity index (χ2n) is 5.57. The van der Waals surface area contributed by atoms with Gasteiger partial charge in [0.2, 0.25) is 0 Å². The molecular formula is C18H19Cl3. The fourth-order valence-corrected chi connectivity index (χ4v) is 3.83. The van der Waals surface area contributed by atoms with E-state index in [1.54, 1.807) is 0 Å². The van der Waals surface area contributed by atoms with Crippen LogP contribution in [-0.2, 0) is 11.8 Å². The highest BCUT2D eigenvalue weighted by atomic mass is 35.5. The zero-order valence-electron chi connectivity index (χ0n) is 12.3. The number of rotatable bonds is 5. The zero-order chi connectivity index (χ0) is 15.5. The van der Waals surface area contributed by atoms with Crippen molar-refractivity contribution in [2.24, 2.45) is 0 Å². The van der Waals surface area contributed by atoms with E-state index in [1.807, 2.05) is 24.3 Å². The fourth-order valence-electron chi connectivity index (χ4n) is 2.73. The van der Waals surface area contributed by atoms with Gasteiger partial charge < -0.3 is 0 Å². The third kappa shape index (κ3) is 3.39. The minimum Gasteiger partial charge on any atom is -0.126 e. The van der Waals surface area contributed by atoms with Crippen LogP contribution in [0.25, 0.3) is 0 Å². The maximum Gasteiger partial charge on any atom is 0.0444 e. The molecule has 0 aliphatic carbocycles. The molecule has 0 saturated heterocycles. The molecule has 0 aliphatic heterocycles. The quantitative estimate of drug-likeness (QED) is 0.593. The number of hydrogen-bond acceptors (Lipinski definition) is 0. The van der Waals surface area contributed by atoms with E-state index in [9.17, 15) is 0 Å². The average molecular weight is 342 g/mol. The van der Waals surface area contributed by atoms with Crippen LogP contribution in [0.3, 0.4) is 0 Å². The van der Waals surface area contributed by atoms with E-state index in [2.05, 4.69) is 32.0 Å². The fraction of sp³-hybridized carbons (Fsp3) is 0.333. The van der Waals surface area contributed by atoms with Crippen molar-refractivity contribution in [3.63, 3.8) is 0 Å². The molecular weight excluding hydrogens is 323 g/mol. The summed E-state index contributed by atoms with van der Waals surface area (Å²) in [4.78, 5) is 0. The van der Waals surface area contributed by atoms with Crippen molar-refractivity contribution in [2.45, 2.75) is 25.7 Å². The standard InChI is InChI=1S/C18H19Cl3/c1-13-6-5-7-14(2)15(13)10-18(11-19,12-20)16-8-3-4-9-17(16)21/h3-9H,10-12H2,1-2H3. The molecule has 0 radical (unpaired) electrons. The van der Waals surface area contributed by atoms with Crippen LogP contribution >= 0.6 is 34.8 Å². The van der Waals surface area contributed by atoms with Gasteiger partial charge in [-0.05, 0) is 48.6 Å². The number of hydrogen-bond donors (Lipinski definition) is 0. The Labute approximate surface area is 142 Å². The molecule has 0 aliphatic rings. The highest BCUT2D eigenvalue weighted by molar-refractivity contribution is 6.32. The second kappa shape index (κ2) is 7.05. The summed E-state index contributed by atoms with van der Waals surface area (Å²) in [5.74, 6) is 0.877. The Balaban J connectivity index is 2.51. The van der Waals surface area contributed by atoms with Gasteiger partial charge in [-0.2, -0.15) is 0 Å². The van der Waals surface area contributed by atoms with E-state index < -0.39 is 0 Å². The van der Waals surface area contributed by atoms with Gasteiger partial charge in [0.25, 0.3) is 0 Å². The first-order chi connectivity index (χ1) is 10.0. The average Bonchev–Trinajstić information content (AvgIpc) is 2.49. The Morgan fingerprint density at radius 2 is 1.43 bits per heavy atom. The Morgan fingerprint density at radius 3 is 1.95 bits per heavy atom. The molecule has 0 unspecified atom stereocenters. The molecule has 2 aromatic carbocycles. The monoisotopic (exact) mass is 340 g/mol. The second-order valence-corrected chi connectivity index (χ2v) is 6.52. The van der Waals surface area contributed by atoms with Gasteiger partial charge in [0.15, 0.2) is 0 Å². The highest BCUT2D eigenvalue weighted by Gasteiger charge is 2.33. The largest absolute Gasteiger partial charge is 0.126 e.